The molecular weight excluding hydrogens is 230 g/mol. The SMILES string of the molecule is CC(C)C(C(=O)O)C(=O)NCCc1ccccc1. The molecule has 0 bridgehead atoms. The van der Waals surface area contributed by atoms with Gasteiger partial charge in [-0.15, -0.1) is 0 Å². The van der Waals surface area contributed by atoms with Gasteiger partial charge in [0.05, 0.1) is 0 Å². The van der Waals surface area contributed by atoms with Gasteiger partial charge < -0.3 is 10.4 Å². The van der Waals surface area contributed by atoms with Crippen LogP contribution in [-0.2, 0) is 16.0 Å². The highest BCUT2D eigenvalue weighted by molar-refractivity contribution is 5.97. The maximum absolute atomic E-state index is 11.7. The third kappa shape index (κ3) is 4.20. The third-order valence-electron chi connectivity index (χ3n) is 2.77. The van der Waals surface area contributed by atoms with Crippen molar-refractivity contribution in [3.63, 3.8) is 0 Å². The number of carbonyl (C=O) groups excluding carboxylic acids is 1. The second-order valence-electron chi connectivity index (χ2n) is 4.59. The average Bonchev–Trinajstić information content (AvgIpc) is 2.29. The number of hydrogen-bond donors (Lipinski definition) is 2. The fraction of sp³-hybridized carbons (Fsp3) is 0.429. The first-order chi connectivity index (χ1) is 8.52. The van der Waals surface area contributed by atoms with E-state index in [-0.39, 0.29) is 5.92 Å². The van der Waals surface area contributed by atoms with Crippen LogP contribution < -0.4 is 5.32 Å². The van der Waals surface area contributed by atoms with E-state index in [0.717, 1.165) is 5.56 Å². The van der Waals surface area contributed by atoms with Crippen molar-refractivity contribution in [3.8, 4) is 0 Å². The van der Waals surface area contributed by atoms with E-state index in [0.29, 0.717) is 13.0 Å². The van der Waals surface area contributed by atoms with Gasteiger partial charge in [0, 0.05) is 6.54 Å². The first-order valence-electron chi connectivity index (χ1n) is 6.07. The van der Waals surface area contributed by atoms with Gasteiger partial charge in [-0.2, -0.15) is 0 Å². The van der Waals surface area contributed by atoms with E-state index in [1.165, 1.54) is 0 Å². The summed E-state index contributed by atoms with van der Waals surface area (Å²) in [7, 11) is 0. The lowest BCUT2D eigenvalue weighted by Gasteiger charge is -2.15. The Morgan fingerprint density at radius 1 is 1.22 bits per heavy atom. The van der Waals surface area contributed by atoms with Gasteiger partial charge in [-0.25, -0.2) is 0 Å². The van der Waals surface area contributed by atoms with Crippen LogP contribution in [0.2, 0.25) is 0 Å². The van der Waals surface area contributed by atoms with Crippen LogP contribution in [0.15, 0.2) is 30.3 Å². The summed E-state index contributed by atoms with van der Waals surface area (Å²) in [6, 6.07) is 9.75. The Balaban J connectivity index is 2.43. The van der Waals surface area contributed by atoms with Crippen LogP contribution in [0.5, 0.6) is 0 Å². The van der Waals surface area contributed by atoms with Gasteiger partial charge >= 0.3 is 5.97 Å². The topological polar surface area (TPSA) is 66.4 Å². The van der Waals surface area contributed by atoms with Crippen molar-refractivity contribution in [3.05, 3.63) is 35.9 Å². The lowest BCUT2D eigenvalue weighted by molar-refractivity contribution is -0.148. The van der Waals surface area contributed by atoms with E-state index in [9.17, 15) is 9.59 Å². The lowest BCUT2D eigenvalue weighted by Crippen LogP contribution is -2.39. The molecule has 1 amide bonds. The molecule has 0 fully saturated rings. The largest absolute Gasteiger partial charge is 0.481 e. The van der Waals surface area contributed by atoms with E-state index >= 15 is 0 Å². The second-order valence-corrected chi connectivity index (χ2v) is 4.59. The molecule has 1 rings (SSSR count). The molecule has 0 radical (unpaired) electrons. The minimum atomic E-state index is -1.07. The van der Waals surface area contributed by atoms with Crippen molar-refractivity contribution in [2.75, 3.05) is 6.54 Å². The Bertz CT molecular complexity index is 401. The molecule has 4 nitrogen and oxygen atoms in total. The predicted molar refractivity (Wildman–Crippen MR) is 69.1 cm³/mol. The zero-order chi connectivity index (χ0) is 13.5. The molecule has 0 spiro atoms. The van der Waals surface area contributed by atoms with Crippen molar-refractivity contribution in [2.45, 2.75) is 20.3 Å². The molecule has 2 N–H and O–H groups in total. The molecule has 1 unspecified atom stereocenters. The molecule has 0 saturated heterocycles. The Morgan fingerprint density at radius 3 is 2.33 bits per heavy atom. The normalized spacial score (nSPS) is 12.2. The number of carboxylic acids is 1. The fourth-order valence-corrected chi connectivity index (χ4v) is 1.78. The van der Waals surface area contributed by atoms with E-state index in [2.05, 4.69) is 5.32 Å². The van der Waals surface area contributed by atoms with E-state index < -0.39 is 17.8 Å². The molecule has 18 heavy (non-hydrogen) atoms. The summed E-state index contributed by atoms with van der Waals surface area (Å²) < 4.78 is 0. The molecule has 0 aliphatic carbocycles. The maximum atomic E-state index is 11.7. The lowest BCUT2D eigenvalue weighted by atomic mass is 9.95. The maximum Gasteiger partial charge on any atom is 0.316 e. The van der Waals surface area contributed by atoms with Crippen molar-refractivity contribution < 1.29 is 14.7 Å². The zero-order valence-electron chi connectivity index (χ0n) is 10.7. The molecule has 98 valence electrons. The molecule has 0 aliphatic rings. The van der Waals surface area contributed by atoms with Crippen LogP contribution in [0.25, 0.3) is 0 Å². The smallest absolute Gasteiger partial charge is 0.316 e. The van der Waals surface area contributed by atoms with E-state index in [1.54, 1.807) is 13.8 Å². The van der Waals surface area contributed by atoms with E-state index in [4.69, 9.17) is 5.11 Å². The summed E-state index contributed by atoms with van der Waals surface area (Å²) in [6.07, 6.45) is 0.705. The van der Waals surface area contributed by atoms with Crippen LogP contribution in [0, 0.1) is 11.8 Å². The Morgan fingerprint density at radius 2 is 1.83 bits per heavy atom. The molecule has 4 heteroatoms. The number of nitrogens with one attached hydrogen (secondary N) is 1. The number of carboxylic acid groups (broad SMARTS) is 1. The molecule has 0 heterocycles. The summed E-state index contributed by atoms with van der Waals surface area (Å²) >= 11 is 0. The van der Waals surface area contributed by atoms with Crippen molar-refractivity contribution in [2.24, 2.45) is 11.8 Å². The highest BCUT2D eigenvalue weighted by atomic mass is 16.4. The molecule has 1 atom stereocenters. The monoisotopic (exact) mass is 249 g/mol. The first kappa shape index (κ1) is 14.2. The summed E-state index contributed by atoms with van der Waals surface area (Å²) in [6.45, 7) is 3.92. The quantitative estimate of drug-likeness (QED) is 0.754. The molecular formula is C14H19NO3. The average molecular weight is 249 g/mol. The summed E-state index contributed by atoms with van der Waals surface area (Å²) in [4.78, 5) is 22.7. The molecule has 1 aromatic rings. The number of benzene rings is 1. The molecule has 0 aromatic heterocycles. The number of hydrogen-bond acceptors (Lipinski definition) is 2. The van der Waals surface area contributed by atoms with E-state index in [1.807, 2.05) is 30.3 Å². The number of aliphatic carboxylic acids is 1. The minimum Gasteiger partial charge on any atom is -0.481 e. The predicted octanol–water partition coefficient (Wildman–Crippen LogP) is 1.70. The Kier molecular flexibility index (Phi) is 5.36. The van der Waals surface area contributed by atoms with Gasteiger partial charge in [0.15, 0.2) is 0 Å². The minimum absolute atomic E-state index is 0.209. The van der Waals surface area contributed by atoms with Gasteiger partial charge in [0.1, 0.15) is 5.92 Å². The first-order valence-corrected chi connectivity index (χ1v) is 6.07. The van der Waals surface area contributed by atoms with Crippen LogP contribution in [0.4, 0.5) is 0 Å². The number of rotatable bonds is 6. The van der Waals surface area contributed by atoms with Crippen LogP contribution in [0.3, 0.4) is 0 Å². The Hall–Kier alpha value is -1.84. The standard InChI is InChI=1S/C14H19NO3/c1-10(2)12(14(17)18)13(16)15-9-8-11-6-4-3-5-7-11/h3-7,10,12H,8-9H2,1-2H3,(H,15,16)(H,17,18). The van der Waals surface area contributed by atoms with Crippen LogP contribution in [-0.4, -0.2) is 23.5 Å². The van der Waals surface area contributed by atoms with Crippen LogP contribution >= 0.6 is 0 Å². The van der Waals surface area contributed by atoms with Crippen molar-refractivity contribution in [1.29, 1.82) is 0 Å². The van der Waals surface area contributed by atoms with Gasteiger partial charge in [-0.3, -0.25) is 9.59 Å². The van der Waals surface area contributed by atoms with Crippen LogP contribution in [0.1, 0.15) is 19.4 Å². The molecule has 1 aromatic carbocycles. The van der Waals surface area contributed by atoms with Gasteiger partial charge in [0.2, 0.25) is 5.91 Å². The highest BCUT2D eigenvalue weighted by Gasteiger charge is 2.28. The second kappa shape index (κ2) is 6.79. The van der Waals surface area contributed by atoms with Gasteiger partial charge in [-0.05, 0) is 17.9 Å². The van der Waals surface area contributed by atoms with Crippen molar-refractivity contribution in [1.82, 2.24) is 5.32 Å². The molecule has 0 saturated carbocycles. The highest BCUT2D eigenvalue weighted by Crippen LogP contribution is 2.11. The van der Waals surface area contributed by atoms with Gasteiger partial charge in [0.25, 0.3) is 0 Å². The summed E-state index contributed by atoms with van der Waals surface area (Å²) in [5.74, 6) is -2.66. The fourth-order valence-electron chi connectivity index (χ4n) is 1.78. The number of carbonyl (C=O) groups is 2. The third-order valence-corrected chi connectivity index (χ3v) is 2.77. The summed E-state index contributed by atoms with van der Waals surface area (Å²) in [5.41, 5.74) is 1.12. The summed E-state index contributed by atoms with van der Waals surface area (Å²) in [5, 5.41) is 11.6. The Labute approximate surface area is 107 Å². The van der Waals surface area contributed by atoms with Gasteiger partial charge in [-0.1, -0.05) is 44.2 Å². The molecule has 0 aliphatic heterocycles. The number of amides is 1. The van der Waals surface area contributed by atoms with Crippen molar-refractivity contribution >= 4 is 11.9 Å². The zero-order valence-corrected chi connectivity index (χ0v) is 10.7.